The Labute approximate surface area is 274 Å². The van der Waals surface area contributed by atoms with Crippen LogP contribution in [0.25, 0.3) is 0 Å². The molecular formula is C35H36ClN3O6S. The number of nitrogens with zero attached hydrogens (tertiary/aromatic N) is 2. The summed E-state index contributed by atoms with van der Waals surface area (Å²) in [6.45, 7) is 3.83. The highest BCUT2D eigenvalue weighted by Crippen LogP contribution is 2.36. The van der Waals surface area contributed by atoms with Crippen molar-refractivity contribution in [3.63, 3.8) is 0 Å². The number of sulfonamides is 1. The molecule has 1 aliphatic rings. The molecule has 1 N–H and O–H groups in total. The standard InChI is InChI=1S/C35H36ClN3O6S/c1-25(2)37-35(41)31(21-26-9-5-3-6-10-26)38(23-27-13-15-28(36)16-14-27)34(40)24-39(46(42,43)30-11-7-4-8-12-30)29-17-18-32-33(22-29)45-20-19-44-32/h3-18,22,25,31H,19-21,23-24H2,1-2H3,(H,37,41)/t31-/m0/s1. The van der Waals surface area contributed by atoms with Crippen LogP contribution in [0, 0.1) is 0 Å². The molecule has 1 heterocycles. The summed E-state index contributed by atoms with van der Waals surface area (Å²) in [7, 11) is -4.24. The first kappa shape index (κ1) is 32.8. The fourth-order valence-electron chi connectivity index (χ4n) is 5.16. The molecule has 0 unspecified atom stereocenters. The first-order chi connectivity index (χ1) is 22.1. The number of amides is 2. The number of anilines is 1. The molecule has 1 atom stereocenters. The number of ether oxygens (including phenoxy) is 2. The van der Waals surface area contributed by atoms with Crippen molar-refractivity contribution >= 4 is 39.1 Å². The smallest absolute Gasteiger partial charge is 0.264 e. The maximum atomic E-state index is 14.5. The third kappa shape index (κ3) is 7.99. The zero-order valence-electron chi connectivity index (χ0n) is 25.6. The lowest BCUT2D eigenvalue weighted by molar-refractivity contribution is -0.140. The van der Waals surface area contributed by atoms with E-state index in [1.807, 2.05) is 44.2 Å². The van der Waals surface area contributed by atoms with Gasteiger partial charge in [-0.2, -0.15) is 0 Å². The van der Waals surface area contributed by atoms with Crippen LogP contribution in [-0.2, 0) is 32.6 Å². The highest BCUT2D eigenvalue weighted by Gasteiger charge is 2.35. The first-order valence-electron chi connectivity index (χ1n) is 15.0. The Kier molecular flexibility index (Phi) is 10.5. The van der Waals surface area contributed by atoms with Crippen LogP contribution in [0.3, 0.4) is 0 Å². The van der Waals surface area contributed by atoms with Crippen molar-refractivity contribution in [2.24, 2.45) is 0 Å². The Morgan fingerprint density at radius 3 is 2.11 bits per heavy atom. The molecule has 0 aromatic heterocycles. The van der Waals surface area contributed by atoms with E-state index in [9.17, 15) is 18.0 Å². The Morgan fingerprint density at radius 1 is 0.826 bits per heavy atom. The number of carbonyl (C=O) groups is 2. The molecule has 9 nitrogen and oxygen atoms in total. The summed E-state index contributed by atoms with van der Waals surface area (Å²) in [6.07, 6.45) is 0.216. The minimum atomic E-state index is -4.24. The normalized spacial score (nSPS) is 13.1. The van der Waals surface area contributed by atoms with Crippen molar-refractivity contribution in [3.8, 4) is 11.5 Å². The Morgan fingerprint density at radius 2 is 1.46 bits per heavy atom. The molecule has 0 saturated heterocycles. The van der Waals surface area contributed by atoms with E-state index >= 15 is 0 Å². The summed E-state index contributed by atoms with van der Waals surface area (Å²) in [5.41, 5.74) is 1.80. The van der Waals surface area contributed by atoms with E-state index in [1.54, 1.807) is 60.7 Å². The molecule has 4 aromatic carbocycles. The largest absolute Gasteiger partial charge is 0.486 e. The lowest BCUT2D eigenvalue weighted by atomic mass is 10.0. The molecule has 0 bridgehead atoms. The first-order valence-corrected chi connectivity index (χ1v) is 16.8. The number of benzene rings is 4. The van der Waals surface area contributed by atoms with Crippen LogP contribution in [0.15, 0.2) is 108 Å². The summed E-state index contributed by atoms with van der Waals surface area (Å²) < 4.78 is 40.8. The number of hydrogen-bond acceptors (Lipinski definition) is 6. The molecule has 0 spiro atoms. The van der Waals surface area contributed by atoms with Gasteiger partial charge >= 0.3 is 0 Å². The summed E-state index contributed by atoms with van der Waals surface area (Å²) >= 11 is 6.15. The van der Waals surface area contributed by atoms with Gasteiger partial charge in [-0.25, -0.2) is 8.42 Å². The van der Waals surface area contributed by atoms with Gasteiger partial charge in [0.15, 0.2) is 11.5 Å². The van der Waals surface area contributed by atoms with Crippen LogP contribution < -0.4 is 19.1 Å². The lowest BCUT2D eigenvalue weighted by Gasteiger charge is -2.34. The van der Waals surface area contributed by atoms with E-state index in [0.29, 0.717) is 29.7 Å². The molecule has 0 aliphatic carbocycles. The van der Waals surface area contributed by atoms with E-state index in [4.69, 9.17) is 21.1 Å². The maximum Gasteiger partial charge on any atom is 0.264 e. The number of halogens is 1. The van der Waals surface area contributed by atoms with E-state index in [2.05, 4.69) is 5.32 Å². The van der Waals surface area contributed by atoms with E-state index < -0.39 is 28.5 Å². The second-order valence-corrected chi connectivity index (χ2v) is 13.5. The zero-order chi connectivity index (χ0) is 32.7. The molecule has 2 amide bonds. The average molecular weight is 662 g/mol. The number of rotatable bonds is 12. The van der Waals surface area contributed by atoms with Crippen LogP contribution in [0.1, 0.15) is 25.0 Å². The maximum absolute atomic E-state index is 14.5. The molecule has 4 aromatic rings. The van der Waals surface area contributed by atoms with Crippen molar-refractivity contribution in [2.75, 3.05) is 24.1 Å². The monoisotopic (exact) mass is 661 g/mol. The lowest BCUT2D eigenvalue weighted by Crippen LogP contribution is -2.54. The number of hydrogen-bond donors (Lipinski definition) is 1. The van der Waals surface area contributed by atoms with Crippen LogP contribution in [0.5, 0.6) is 11.5 Å². The number of nitrogens with one attached hydrogen (secondary N) is 1. The van der Waals surface area contributed by atoms with Gasteiger partial charge < -0.3 is 19.7 Å². The summed E-state index contributed by atoms with van der Waals surface area (Å²) in [5.74, 6) is -0.0566. The molecule has 0 radical (unpaired) electrons. The molecule has 11 heteroatoms. The van der Waals surface area contributed by atoms with Crippen LogP contribution >= 0.6 is 11.6 Å². The van der Waals surface area contributed by atoms with Crippen LogP contribution in [0.4, 0.5) is 5.69 Å². The van der Waals surface area contributed by atoms with Crippen molar-refractivity contribution in [3.05, 3.63) is 119 Å². The quantitative estimate of drug-likeness (QED) is 0.216. The molecule has 0 saturated carbocycles. The van der Waals surface area contributed by atoms with Gasteiger partial charge in [0.05, 0.1) is 10.6 Å². The molecule has 240 valence electrons. The summed E-state index contributed by atoms with van der Waals surface area (Å²) in [6, 6.07) is 27.9. The molecule has 0 fully saturated rings. The fraction of sp³-hybridized carbons (Fsp3) is 0.257. The Hall–Kier alpha value is -4.54. The van der Waals surface area contributed by atoms with Crippen molar-refractivity contribution in [1.29, 1.82) is 0 Å². The van der Waals surface area contributed by atoms with Crippen LogP contribution in [0.2, 0.25) is 5.02 Å². The molecule has 5 rings (SSSR count). The van der Waals surface area contributed by atoms with Crippen molar-refractivity contribution < 1.29 is 27.5 Å². The predicted molar refractivity (Wildman–Crippen MR) is 178 cm³/mol. The van der Waals surface area contributed by atoms with Gasteiger partial charge in [-0.1, -0.05) is 72.3 Å². The zero-order valence-corrected chi connectivity index (χ0v) is 27.2. The number of fused-ring (bicyclic) bond motifs is 1. The van der Waals surface area contributed by atoms with Crippen LogP contribution in [-0.4, -0.2) is 57.0 Å². The van der Waals surface area contributed by atoms with Gasteiger partial charge in [-0.05, 0) is 61.4 Å². The average Bonchev–Trinajstić information content (AvgIpc) is 3.06. The second kappa shape index (κ2) is 14.7. The second-order valence-electron chi connectivity index (χ2n) is 11.2. The molecular weight excluding hydrogens is 626 g/mol. The minimum absolute atomic E-state index is 0.0142. The third-order valence-corrected chi connectivity index (χ3v) is 9.43. The van der Waals surface area contributed by atoms with Gasteiger partial charge in [-0.3, -0.25) is 13.9 Å². The van der Waals surface area contributed by atoms with E-state index in [0.717, 1.165) is 15.4 Å². The van der Waals surface area contributed by atoms with Gasteiger partial charge in [0.1, 0.15) is 25.8 Å². The topological polar surface area (TPSA) is 105 Å². The third-order valence-electron chi connectivity index (χ3n) is 7.39. The SMILES string of the molecule is CC(C)NC(=O)[C@H](Cc1ccccc1)N(Cc1ccc(Cl)cc1)C(=O)CN(c1ccc2c(c1)OCCO2)S(=O)(=O)c1ccccc1. The summed E-state index contributed by atoms with van der Waals surface area (Å²) in [5, 5.41) is 3.48. The van der Waals surface area contributed by atoms with E-state index in [-0.39, 0.29) is 35.5 Å². The van der Waals surface area contributed by atoms with Gasteiger partial charge in [0, 0.05) is 30.1 Å². The van der Waals surface area contributed by atoms with Gasteiger partial charge in [-0.15, -0.1) is 0 Å². The van der Waals surface area contributed by atoms with Crippen molar-refractivity contribution in [1.82, 2.24) is 10.2 Å². The van der Waals surface area contributed by atoms with Gasteiger partial charge in [0.25, 0.3) is 10.0 Å². The highest BCUT2D eigenvalue weighted by atomic mass is 35.5. The van der Waals surface area contributed by atoms with Crippen molar-refractivity contribution in [2.45, 2.75) is 43.8 Å². The van der Waals surface area contributed by atoms with E-state index in [1.165, 1.54) is 17.0 Å². The minimum Gasteiger partial charge on any atom is -0.486 e. The Bertz CT molecular complexity index is 1750. The Balaban J connectivity index is 1.58. The summed E-state index contributed by atoms with van der Waals surface area (Å²) in [4.78, 5) is 29.8. The fourth-order valence-corrected chi connectivity index (χ4v) is 6.71. The molecule has 1 aliphatic heterocycles. The number of carbonyl (C=O) groups excluding carboxylic acids is 2. The highest BCUT2D eigenvalue weighted by molar-refractivity contribution is 7.92. The molecule has 46 heavy (non-hydrogen) atoms. The van der Waals surface area contributed by atoms with Gasteiger partial charge in [0.2, 0.25) is 11.8 Å². The predicted octanol–water partition coefficient (Wildman–Crippen LogP) is 5.47.